The van der Waals surface area contributed by atoms with Crippen LogP contribution in [0.5, 0.6) is 0 Å². The molecule has 90 heavy (non-hydrogen) atoms. The van der Waals surface area contributed by atoms with Gasteiger partial charge in [-0.15, -0.1) is 0 Å². The summed E-state index contributed by atoms with van der Waals surface area (Å²) in [6.45, 7) is 2.83. The average Bonchev–Trinajstić information content (AvgIpc) is 0.795. The predicted molar refractivity (Wildman–Crippen MR) is 288 cm³/mol. The van der Waals surface area contributed by atoms with Crippen LogP contribution in [0.1, 0.15) is 41.5 Å². The van der Waals surface area contributed by atoms with E-state index in [1.54, 1.807) is 0 Å². The lowest BCUT2D eigenvalue weighted by atomic mass is 9.94. The summed E-state index contributed by atoms with van der Waals surface area (Å²) in [7, 11) is 0. The molecule has 22 heterocycles. The van der Waals surface area contributed by atoms with Crippen LogP contribution in [0.4, 0.5) is 0 Å². The van der Waals surface area contributed by atoms with Crippen LogP contribution in [0.25, 0.3) is 0 Å². The molecule has 0 saturated carbocycles. The summed E-state index contributed by atoms with van der Waals surface area (Å²) < 4.78 is 108. The zero-order chi connectivity index (χ0) is 66.0. The molecule has 22 saturated heterocycles. The molecule has 36 heteroatoms. The first-order valence-electron chi connectivity index (χ1n) is 30.1. The second kappa shape index (κ2) is 35.2. The Morgan fingerprint density at radius 2 is 0.333 bits per heavy atom. The van der Waals surface area contributed by atoms with Gasteiger partial charge in [-0.05, 0) is 41.5 Å². The topological polar surface area (TPSA) is 530 Å². The van der Waals surface area contributed by atoms with Gasteiger partial charge in [-0.3, -0.25) is 0 Å². The van der Waals surface area contributed by atoms with Crippen LogP contribution in [-0.4, -0.2) is 392 Å². The molecular weight excluding hydrogens is 1220 g/mol. The molecule has 0 aliphatic carbocycles. The first-order chi connectivity index (χ1) is 42.6. The highest BCUT2D eigenvalue weighted by Gasteiger charge is 2.59. The third kappa shape index (κ3) is 19.9. The SMILES string of the molecule is CC(O)COC[C@H]1O[C@@H]2O[C@H]3[C@H](O)[C@@H](O)[C@@H](O[C@H]4[C@H](O)[C@@H](O)[C@@H](O[C@H]5[C@H](O)[C@@H](O)[C@@H](O[C@H]6[C@H](O)[C@@H](O)[C@@H](O[C@H]7[C@H](O)[C@@H](O)[C@@H](O[C@H]1[C@H](O)[C@H]2O)O[C@@H]7COCC(C)O)O[C@@H]6COCC(C)O)O[C@@H]5COCC(C)O)O[C@@H]4COCC(C)O)O[C@@H]3COCC(C)O. The van der Waals surface area contributed by atoms with Gasteiger partial charge in [-0.25, -0.2) is 0 Å². The van der Waals surface area contributed by atoms with Gasteiger partial charge in [0.1, 0.15) is 146 Å². The molecule has 18 N–H and O–H groups in total. The van der Waals surface area contributed by atoms with Crippen molar-refractivity contribution in [3.8, 4) is 0 Å². The van der Waals surface area contributed by atoms with Crippen molar-refractivity contribution in [2.24, 2.45) is 0 Å². The number of aliphatic hydroxyl groups excluding tert-OH is 18. The third-order valence-electron chi connectivity index (χ3n) is 15.4. The molecule has 22 aliphatic rings. The van der Waals surface area contributed by atoms with Crippen molar-refractivity contribution in [1.82, 2.24) is 0 Å². The highest BCUT2D eigenvalue weighted by Crippen LogP contribution is 2.39. The van der Waals surface area contributed by atoms with Gasteiger partial charge in [0.05, 0.1) is 116 Å². The van der Waals surface area contributed by atoms with Gasteiger partial charge in [0.2, 0.25) is 0 Å². The zero-order valence-electron chi connectivity index (χ0n) is 50.7. The Bertz CT molecular complexity index is 1680. The summed E-state index contributed by atoms with van der Waals surface area (Å²) in [6.07, 6.45) is -64.7. The van der Waals surface area contributed by atoms with E-state index >= 15 is 0 Å². The quantitative estimate of drug-likeness (QED) is 0.0427. The average molecular weight is 1320 g/mol. The molecule has 0 amide bonds. The summed E-state index contributed by atoms with van der Waals surface area (Å²) >= 11 is 0. The minimum Gasteiger partial charge on any atom is -0.391 e. The maximum Gasteiger partial charge on any atom is 0.187 e. The van der Waals surface area contributed by atoms with Crippen molar-refractivity contribution in [2.45, 2.75) is 262 Å². The lowest BCUT2D eigenvalue weighted by Crippen LogP contribution is -2.69. The smallest absolute Gasteiger partial charge is 0.187 e. The molecule has 0 aromatic carbocycles. The molecule has 36 nitrogen and oxygen atoms in total. The molecule has 36 atom stereocenters. The Hall–Kier alpha value is -1.44. The van der Waals surface area contributed by atoms with Gasteiger partial charge in [0.15, 0.2) is 37.7 Å². The minimum atomic E-state index is -2.18. The summed E-state index contributed by atoms with van der Waals surface area (Å²) in [5, 5.41) is 203. The predicted octanol–water partition coefficient (Wildman–Crippen LogP) is -10.6. The number of hydrogen-bond acceptors (Lipinski definition) is 36. The van der Waals surface area contributed by atoms with Crippen LogP contribution < -0.4 is 0 Å². The molecular formula is C54H96O36. The Kier molecular flexibility index (Phi) is 29.7. The number of hydrogen-bond donors (Lipinski definition) is 18. The van der Waals surface area contributed by atoms with Gasteiger partial charge in [0.25, 0.3) is 0 Å². The molecule has 0 aromatic rings. The number of rotatable bonds is 24. The van der Waals surface area contributed by atoms with E-state index in [-0.39, 0.29) is 39.6 Å². The third-order valence-corrected chi connectivity index (χ3v) is 15.4. The van der Waals surface area contributed by atoms with Crippen LogP contribution in [0.2, 0.25) is 0 Å². The first-order valence-corrected chi connectivity index (χ1v) is 30.1. The van der Waals surface area contributed by atoms with Gasteiger partial charge in [0, 0.05) is 0 Å². The van der Waals surface area contributed by atoms with Gasteiger partial charge < -0.3 is 177 Å². The number of aliphatic hydroxyl groups is 18. The zero-order valence-corrected chi connectivity index (χ0v) is 50.7. The van der Waals surface area contributed by atoms with E-state index in [1.165, 1.54) is 41.5 Å². The Morgan fingerprint density at radius 3 is 0.444 bits per heavy atom. The van der Waals surface area contributed by atoms with E-state index in [2.05, 4.69) is 0 Å². The van der Waals surface area contributed by atoms with E-state index in [0.717, 1.165) is 0 Å². The lowest BCUT2D eigenvalue weighted by molar-refractivity contribution is -0.405. The molecule has 12 bridgehead atoms. The molecule has 22 rings (SSSR count). The second-order valence-electron chi connectivity index (χ2n) is 24.1. The van der Waals surface area contributed by atoms with E-state index in [1.807, 2.05) is 0 Å². The van der Waals surface area contributed by atoms with Gasteiger partial charge >= 0.3 is 0 Å². The largest absolute Gasteiger partial charge is 0.391 e. The lowest BCUT2D eigenvalue weighted by Gasteiger charge is -2.51. The Balaban J connectivity index is 1.30. The molecule has 528 valence electrons. The minimum absolute atomic E-state index is 0.338. The molecule has 22 aliphatic heterocycles. The Morgan fingerprint density at radius 1 is 0.211 bits per heavy atom. The second-order valence-corrected chi connectivity index (χ2v) is 24.1. The molecule has 0 radical (unpaired) electrons. The van der Waals surface area contributed by atoms with E-state index in [0.29, 0.717) is 0 Å². The van der Waals surface area contributed by atoms with Crippen LogP contribution in [-0.2, 0) is 85.3 Å². The highest BCUT2D eigenvalue weighted by molar-refractivity contribution is 5.01. The first kappa shape index (κ1) is 75.9. The van der Waals surface area contributed by atoms with Crippen LogP contribution in [0.15, 0.2) is 0 Å². The van der Waals surface area contributed by atoms with Gasteiger partial charge in [-0.1, -0.05) is 0 Å². The summed E-state index contributed by atoms with van der Waals surface area (Å²) in [4.78, 5) is 0. The van der Waals surface area contributed by atoms with E-state index in [4.69, 9.17) is 85.3 Å². The fourth-order valence-electron chi connectivity index (χ4n) is 11.0. The summed E-state index contributed by atoms with van der Waals surface area (Å²) in [5.74, 6) is 0. The van der Waals surface area contributed by atoms with Crippen LogP contribution >= 0.6 is 0 Å². The van der Waals surface area contributed by atoms with Crippen LogP contribution in [0.3, 0.4) is 0 Å². The molecule has 0 aromatic heterocycles. The van der Waals surface area contributed by atoms with Crippen molar-refractivity contribution in [2.75, 3.05) is 79.3 Å². The van der Waals surface area contributed by atoms with E-state index in [9.17, 15) is 91.9 Å². The fourth-order valence-corrected chi connectivity index (χ4v) is 11.0. The molecule has 22 fully saturated rings. The van der Waals surface area contributed by atoms with Crippen molar-refractivity contribution in [3.05, 3.63) is 0 Å². The van der Waals surface area contributed by atoms with Crippen molar-refractivity contribution in [3.63, 3.8) is 0 Å². The molecule has 0 spiro atoms. The standard InChI is InChI=1S/C54H96O36/c1-19(55)7-73-13-25-43-31(61)37(67)49(79-25)86-44-26(14-74-8-20(2)56)81-51(39(69)33(44)63)88-46-28(16-76-10-22(4)58)83-53(41(71)35(46)65)90-48-30(18-78-12-24(6)60)84-54(42(72)36(48)66)89-47-29(17-77-11-23(5)59)82-52(40(70)34(47)64)87-45-27(15-75-9-21(3)57)80-50(85-43)38(68)32(45)62/h19-72H,7-18H2,1-6H3/t19?,20?,21?,22?,23?,24?,25-,26-,27-,28-,29-,30-,31-,32-,33-,34-,35-,36-,37-,38-,39-,40-,41-,42-,43-,44-,45-,46-,47-,48-,49-,50-,51-,52-,53-,54-/m1/s1. The summed E-state index contributed by atoms with van der Waals surface area (Å²) in [6, 6.07) is 0. The van der Waals surface area contributed by atoms with Gasteiger partial charge in [-0.2, -0.15) is 0 Å². The summed E-state index contributed by atoms with van der Waals surface area (Å²) in [5.41, 5.74) is 0. The molecule has 6 unspecified atom stereocenters. The number of ether oxygens (including phenoxy) is 18. The normalized spacial score (nSPS) is 46.0. The fraction of sp³-hybridized carbons (Fsp3) is 1.00. The highest BCUT2D eigenvalue weighted by atomic mass is 16.8. The van der Waals surface area contributed by atoms with E-state index < -0.39 is 261 Å². The van der Waals surface area contributed by atoms with Crippen molar-refractivity contribution < 1.29 is 177 Å². The van der Waals surface area contributed by atoms with Crippen molar-refractivity contribution >= 4 is 0 Å². The monoisotopic (exact) mass is 1320 g/mol. The Labute approximate surface area is 517 Å². The maximum absolute atomic E-state index is 12.0. The maximum atomic E-state index is 12.0. The van der Waals surface area contributed by atoms with Crippen molar-refractivity contribution in [1.29, 1.82) is 0 Å². The van der Waals surface area contributed by atoms with Crippen LogP contribution in [0, 0.1) is 0 Å².